The van der Waals surface area contributed by atoms with E-state index in [4.69, 9.17) is 4.74 Å². The fourth-order valence-corrected chi connectivity index (χ4v) is 4.50. The summed E-state index contributed by atoms with van der Waals surface area (Å²) in [7, 11) is -3.34. The predicted molar refractivity (Wildman–Crippen MR) is 90.9 cm³/mol. The Labute approximate surface area is 141 Å². The SMILES string of the molecule is CCCOc1cccc(C(=O)N[C@@H]2CS(=O)(=O)c3ccccc32)c1. The maximum absolute atomic E-state index is 12.5. The quantitative estimate of drug-likeness (QED) is 0.904. The predicted octanol–water partition coefficient (Wildman–Crippen LogP) is 2.73. The summed E-state index contributed by atoms with van der Waals surface area (Å²) >= 11 is 0. The Kier molecular flexibility index (Phi) is 4.57. The molecule has 24 heavy (non-hydrogen) atoms. The lowest BCUT2D eigenvalue weighted by Gasteiger charge is -2.13. The summed E-state index contributed by atoms with van der Waals surface area (Å²) in [4.78, 5) is 12.8. The zero-order chi connectivity index (χ0) is 17.2. The number of carbonyl (C=O) groups excluding carboxylic acids is 1. The van der Waals surface area contributed by atoms with Gasteiger partial charge in [0.1, 0.15) is 5.75 Å². The van der Waals surface area contributed by atoms with Crippen molar-refractivity contribution in [3.8, 4) is 5.75 Å². The van der Waals surface area contributed by atoms with E-state index in [2.05, 4.69) is 5.32 Å². The summed E-state index contributed by atoms with van der Waals surface area (Å²) in [5, 5.41) is 2.82. The molecule has 0 radical (unpaired) electrons. The molecule has 1 aliphatic heterocycles. The van der Waals surface area contributed by atoms with E-state index in [9.17, 15) is 13.2 Å². The van der Waals surface area contributed by atoms with Crippen LogP contribution in [0.4, 0.5) is 0 Å². The average molecular weight is 345 g/mol. The number of rotatable bonds is 5. The lowest BCUT2D eigenvalue weighted by molar-refractivity contribution is 0.0940. The summed E-state index contributed by atoms with van der Waals surface area (Å²) in [6.45, 7) is 2.59. The molecule has 1 amide bonds. The van der Waals surface area contributed by atoms with Crippen LogP contribution in [0.25, 0.3) is 0 Å². The van der Waals surface area contributed by atoms with Gasteiger partial charge in [0.15, 0.2) is 9.84 Å². The standard InChI is InChI=1S/C18H19NO4S/c1-2-10-23-14-7-5-6-13(11-14)18(20)19-16-12-24(21,22)17-9-4-3-8-15(16)17/h3-9,11,16H,2,10,12H2,1H3,(H,19,20)/t16-/m1/s1. The minimum absolute atomic E-state index is 0.107. The van der Waals surface area contributed by atoms with Crippen molar-refractivity contribution in [2.45, 2.75) is 24.3 Å². The molecule has 0 spiro atoms. The molecule has 0 unspecified atom stereocenters. The molecule has 3 rings (SSSR count). The molecule has 0 aliphatic carbocycles. The second kappa shape index (κ2) is 6.65. The van der Waals surface area contributed by atoms with Crippen molar-refractivity contribution in [3.63, 3.8) is 0 Å². The third-order valence-corrected chi connectivity index (χ3v) is 5.70. The molecule has 126 valence electrons. The number of carbonyl (C=O) groups is 1. The molecular formula is C18H19NO4S. The van der Waals surface area contributed by atoms with Crippen LogP contribution in [-0.2, 0) is 9.84 Å². The van der Waals surface area contributed by atoms with Crippen LogP contribution in [0.2, 0.25) is 0 Å². The van der Waals surface area contributed by atoms with Gasteiger partial charge in [-0.05, 0) is 36.2 Å². The van der Waals surface area contributed by atoms with Crippen LogP contribution in [0.1, 0.15) is 35.3 Å². The van der Waals surface area contributed by atoms with Crippen LogP contribution in [-0.4, -0.2) is 26.7 Å². The van der Waals surface area contributed by atoms with E-state index >= 15 is 0 Å². The zero-order valence-electron chi connectivity index (χ0n) is 13.4. The maximum Gasteiger partial charge on any atom is 0.251 e. The Balaban J connectivity index is 1.79. The number of hydrogen-bond acceptors (Lipinski definition) is 4. The molecule has 0 bridgehead atoms. The van der Waals surface area contributed by atoms with Crippen molar-refractivity contribution in [1.82, 2.24) is 5.32 Å². The average Bonchev–Trinajstić information content (AvgIpc) is 2.84. The summed E-state index contributed by atoms with van der Waals surface area (Å²) < 4.78 is 29.9. The molecule has 0 aromatic heterocycles. The fourth-order valence-electron chi connectivity index (χ4n) is 2.76. The van der Waals surface area contributed by atoms with E-state index in [0.717, 1.165) is 6.42 Å². The lowest BCUT2D eigenvalue weighted by Crippen LogP contribution is -2.29. The lowest BCUT2D eigenvalue weighted by atomic mass is 10.1. The minimum Gasteiger partial charge on any atom is -0.494 e. The molecule has 2 aromatic rings. The van der Waals surface area contributed by atoms with Gasteiger partial charge in [-0.3, -0.25) is 4.79 Å². The summed E-state index contributed by atoms with van der Waals surface area (Å²) in [6.07, 6.45) is 0.882. The largest absolute Gasteiger partial charge is 0.494 e. The third-order valence-electron chi connectivity index (χ3n) is 3.89. The van der Waals surface area contributed by atoms with Crippen LogP contribution < -0.4 is 10.1 Å². The van der Waals surface area contributed by atoms with Gasteiger partial charge in [-0.2, -0.15) is 0 Å². The molecule has 0 saturated heterocycles. The first-order chi connectivity index (χ1) is 11.5. The van der Waals surface area contributed by atoms with Gasteiger partial charge < -0.3 is 10.1 Å². The van der Waals surface area contributed by atoms with Gasteiger partial charge in [0.05, 0.1) is 23.3 Å². The number of benzene rings is 2. The van der Waals surface area contributed by atoms with Gasteiger partial charge in [-0.1, -0.05) is 31.2 Å². The molecule has 1 heterocycles. The first-order valence-electron chi connectivity index (χ1n) is 7.86. The first kappa shape index (κ1) is 16.5. The van der Waals surface area contributed by atoms with Gasteiger partial charge in [-0.15, -0.1) is 0 Å². The third kappa shape index (κ3) is 3.28. The second-order valence-corrected chi connectivity index (χ2v) is 7.72. The van der Waals surface area contributed by atoms with Crippen molar-refractivity contribution in [3.05, 3.63) is 59.7 Å². The topological polar surface area (TPSA) is 72.5 Å². The van der Waals surface area contributed by atoms with Crippen LogP contribution >= 0.6 is 0 Å². The van der Waals surface area contributed by atoms with Crippen LogP contribution in [0.3, 0.4) is 0 Å². The summed E-state index contributed by atoms with van der Waals surface area (Å²) in [5.74, 6) is 0.210. The zero-order valence-corrected chi connectivity index (χ0v) is 14.2. The van der Waals surface area contributed by atoms with Crippen molar-refractivity contribution in [2.75, 3.05) is 12.4 Å². The van der Waals surface area contributed by atoms with Crippen molar-refractivity contribution in [1.29, 1.82) is 0 Å². The van der Waals surface area contributed by atoms with Crippen LogP contribution in [0, 0.1) is 0 Å². The number of sulfone groups is 1. The van der Waals surface area contributed by atoms with Gasteiger partial charge in [0, 0.05) is 5.56 Å². The Bertz CT molecular complexity index is 861. The smallest absolute Gasteiger partial charge is 0.251 e. The molecule has 5 nitrogen and oxygen atoms in total. The highest BCUT2D eigenvalue weighted by Crippen LogP contribution is 2.33. The Morgan fingerprint density at radius 3 is 2.79 bits per heavy atom. The molecule has 1 atom stereocenters. The molecule has 6 heteroatoms. The molecule has 0 saturated carbocycles. The first-order valence-corrected chi connectivity index (χ1v) is 9.52. The highest BCUT2D eigenvalue weighted by atomic mass is 32.2. The molecule has 1 aliphatic rings. The van der Waals surface area contributed by atoms with Crippen LogP contribution in [0.15, 0.2) is 53.4 Å². The highest BCUT2D eigenvalue weighted by Gasteiger charge is 2.35. The van der Waals surface area contributed by atoms with Gasteiger partial charge in [0.2, 0.25) is 0 Å². The Morgan fingerprint density at radius 2 is 2.00 bits per heavy atom. The van der Waals surface area contributed by atoms with E-state index in [1.54, 1.807) is 48.5 Å². The van der Waals surface area contributed by atoms with E-state index in [-0.39, 0.29) is 11.7 Å². The summed E-state index contributed by atoms with van der Waals surface area (Å²) in [6, 6.07) is 13.2. The second-order valence-electron chi connectivity index (χ2n) is 5.72. The van der Waals surface area contributed by atoms with E-state index in [0.29, 0.717) is 28.4 Å². The fraction of sp³-hybridized carbons (Fsp3) is 0.278. The van der Waals surface area contributed by atoms with Crippen molar-refractivity contribution in [2.24, 2.45) is 0 Å². The number of hydrogen-bond donors (Lipinski definition) is 1. The van der Waals surface area contributed by atoms with Gasteiger partial charge in [0.25, 0.3) is 5.91 Å². The summed E-state index contributed by atoms with van der Waals surface area (Å²) in [5.41, 5.74) is 1.09. The monoisotopic (exact) mass is 345 g/mol. The van der Waals surface area contributed by atoms with Gasteiger partial charge >= 0.3 is 0 Å². The molecular weight excluding hydrogens is 326 g/mol. The molecule has 2 aromatic carbocycles. The normalized spacial score (nSPS) is 18.0. The van der Waals surface area contributed by atoms with Crippen molar-refractivity contribution < 1.29 is 17.9 Å². The number of nitrogens with one attached hydrogen (secondary N) is 1. The van der Waals surface area contributed by atoms with Crippen molar-refractivity contribution >= 4 is 15.7 Å². The highest BCUT2D eigenvalue weighted by molar-refractivity contribution is 7.91. The number of ether oxygens (including phenoxy) is 1. The van der Waals surface area contributed by atoms with E-state index in [1.165, 1.54) is 0 Å². The molecule has 1 N–H and O–H groups in total. The minimum atomic E-state index is -3.34. The number of fused-ring (bicyclic) bond motifs is 1. The van der Waals surface area contributed by atoms with E-state index in [1.807, 2.05) is 6.92 Å². The van der Waals surface area contributed by atoms with E-state index < -0.39 is 15.9 Å². The Hall–Kier alpha value is -2.34. The Morgan fingerprint density at radius 1 is 1.21 bits per heavy atom. The maximum atomic E-state index is 12.5. The number of amides is 1. The van der Waals surface area contributed by atoms with Gasteiger partial charge in [-0.25, -0.2) is 8.42 Å². The molecule has 0 fully saturated rings. The van der Waals surface area contributed by atoms with Crippen LogP contribution in [0.5, 0.6) is 5.75 Å².